The number of rotatable bonds is 13. The van der Waals surface area contributed by atoms with Crippen molar-refractivity contribution < 1.29 is 9.59 Å². The van der Waals surface area contributed by atoms with Gasteiger partial charge in [0.05, 0.1) is 6.54 Å². The standard InChI is InChI=1S/C18H35N3O2/c1-4-5-6-7-8-9-10-11-12-13-14-17(23)20-18(19)21(3)15-16(2)22/h4-15H2,1-3H3,(H2,19,20,23). The maximum Gasteiger partial charge on any atom is 0.226 e. The third-order valence-corrected chi connectivity index (χ3v) is 3.86. The minimum absolute atomic E-state index is 0.00252. The number of nitrogens with zero attached hydrogens (tertiary/aromatic N) is 1. The molecule has 0 rings (SSSR count). The van der Waals surface area contributed by atoms with Crippen LogP contribution < -0.4 is 5.32 Å². The molecule has 0 aromatic rings. The molecule has 23 heavy (non-hydrogen) atoms. The highest BCUT2D eigenvalue weighted by Gasteiger charge is 2.10. The van der Waals surface area contributed by atoms with E-state index in [-0.39, 0.29) is 24.2 Å². The summed E-state index contributed by atoms with van der Waals surface area (Å²) >= 11 is 0. The van der Waals surface area contributed by atoms with E-state index in [2.05, 4.69) is 12.2 Å². The molecule has 0 aliphatic heterocycles. The van der Waals surface area contributed by atoms with Crippen LogP contribution in [-0.2, 0) is 9.59 Å². The van der Waals surface area contributed by atoms with E-state index in [1.54, 1.807) is 7.05 Å². The van der Waals surface area contributed by atoms with E-state index in [1.807, 2.05) is 0 Å². The molecule has 0 unspecified atom stereocenters. The minimum atomic E-state index is -0.134. The summed E-state index contributed by atoms with van der Waals surface area (Å²) in [7, 11) is 1.63. The Labute approximate surface area is 141 Å². The fourth-order valence-corrected chi connectivity index (χ4v) is 2.48. The first-order chi connectivity index (χ1) is 11.0. The molecule has 0 radical (unpaired) electrons. The SMILES string of the molecule is CCCCCCCCCCCCC(=O)NC(=N)N(C)CC(C)=O. The summed E-state index contributed by atoms with van der Waals surface area (Å²) in [6.07, 6.45) is 12.8. The number of guanidine groups is 1. The van der Waals surface area contributed by atoms with Crippen molar-refractivity contribution in [1.29, 1.82) is 5.41 Å². The van der Waals surface area contributed by atoms with Crippen molar-refractivity contribution >= 4 is 17.6 Å². The summed E-state index contributed by atoms with van der Waals surface area (Å²) in [4.78, 5) is 24.1. The molecule has 0 aliphatic rings. The fourth-order valence-electron chi connectivity index (χ4n) is 2.48. The number of unbranched alkanes of at least 4 members (excludes halogenated alkanes) is 9. The molecule has 0 saturated heterocycles. The summed E-state index contributed by atoms with van der Waals surface area (Å²) < 4.78 is 0. The van der Waals surface area contributed by atoms with E-state index in [0.717, 1.165) is 12.8 Å². The number of hydrogen-bond donors (Lipinski definition) is 2. The van der Waals surface area contributed by atoms with E-state index in [0.29, 0.717) is 6.42 Å². The lowest BCUT2D eigenvalue weighted by atomic mass is 10.1. The molecule has 0 atom stereocenters. The van der Waals surface area contributed by atoms with Gasteiger partial charge in [0.1, 0.15) is 5.78 Å². The molecule has 5 nitrogen and oxygen atoms in total. The average Bonchev–Trinajstić information content (AvgIpc) is 2.48. The Kier molecular flexibility index (Phi) is 13.4. The van der Waals surface area contributed by atoms with E-state index in [1.165, 1.54) is 63.2 Å². The third kappa shape index (κ3) is 14.0. The number of carbonyl (C=O) groups excluding carboxylic acids is 2. The van der Waals surface area contributed by atoms with Crippen LogP contribution in [0.5, 0.6) is 0 Å². The molecule has 2 N–H and O–H groups in total. The molecule has 0 aromatic heterocycles. The lowest BCUT2D eigenvalue weighted by molar-refractivity contribution is -0.120. The van der Waals surface area contributed by atoms with Gasteiger partial charge in [0.25, 0.3) is 0 Å². The van der Waals surface area contributed by atoms with Crippen molar-refractivity contribution in [1.82, 2.24) is 10.2 Å². The van der Waals surface area contributed by atoms with Gasteiger partial charge in [0, 0.05) is 13.5 Å². The summed E-state index contributed by atoms with van der Waals surface area (Å²) in [5, 5.41) is 10.2. The van der Waals surface area contributed by atoms with Gasteiger partial charge in [-0.25, -0.2) is 0 Å². The second-order valence-corrected chi connectivity index (χ2v) is 6.39. The van der Waals surface area contributed by atoms with Crippen molar-refractivity contribution in [3.05, 3.63) is 0 Å². The summed E-state index contributed by atoms with van der Waals surface area (Å²) in [6.45, 7) is 3.85. The largest absolute Gasteiger partial charge is 0.339 e. The molecule has 0 heterocycles. The van der Waals surface area contributed by atoms with Gasteiger partial charge in [-0.2, -0.15) is 0 Å². The van der Waals surface area contributed by atoms with Crippen LogP contribution in [0.2, 0.25) is 0 Å². The third-order valence-electron chi connectivity index (χ3n) is 3.86. The smallest absolute Gasteiger partial charge is 0.226 e. The molecule has 134 valence electrons. The van der Waals surface area contributed by atoms with E-state index in [4.69, 9.17) is 5.41 Å². The Morgan fingerprint density at radius 2 is 1.39 bits per heavy atom. The van der Waals surface area contributed by atoms with Crippen molar-refractivity contribution in [2.24, 2.45) is 0 Å². The van der Waals surface area contributed by atoms with Crippen molar-refractivity contribution in [3.63, 3.8) is 0 Å². The van der Waals surface area contributed by atoms with Gasteiger partial charge in [-0.3, -0.25) is 20.3 Å². The predicted octanol–water partition coefficient (Wildman–Crippen LogP) is 3.87. The molecular formula is C18H35N3O2. The Morgan fingerprint density at radius 3 is 1.87 bits per heavy atom. The van der Waals surface area contributed by atoms with Crippen molar-refractivity contribution in [3.8, 4) is 0 Å². The zero-order valence-corrected chi connectivity index (χ0v) is 15.2. The van der Waals surface area contributed by atoms with Crippen LogP contribution in [0.4, 0.5) is 0 Å². The van der Waals surface area contributed by atoms with Gasteiger partial charge in [-0.05, 0) is 13.3 Å². The minimum Gasteiger partial charge on any atom is -0.339 e. The molecule has 0 aliphatic carbocycles. The van der Waals surface area contributed by atoms with Gasteiger partial charge >= 0.3 is 0 Å². The summed E-state index contributed by atoms with van der Waals surface area (Å²) in [6, 6.07) is 0. The Morgan fingerprint density at radius 1 is 0.913 bits per heavy atom. The van der Waals surface area contributed by atoms with Crippen LogP contribution in [0.25, 0.3) is 0 Å². The molecule has 1 amide bonds. The highest BCUT2D eigenvalue weighted by molar-refractivity contribution is 5.96. The zero-order chi connectivity index (χ0) is 17.5. The van der Waals surface area contributed by atoms with Crippen LogP contribution in [-0.4, -0.2) is 36.1 Å². The number of carbonyl (C=O) groups is 2. The van der Waals surface area contributed by atoms with Crippen LogP contribution in [0.15, 0.2) is 0 Å². The zero-order valence-electron chi connectivity index (χ0n) is 15.2. The topological polar surface area (TPSA) is 73.3 Å². The quantitative estimate of drug-likeness (QED) is 0.307. The number of ketones is 1. The Hall–Kier alpha value is -1.39. The van der Waals surface area contributed by atoms with Gasteiger partial charge in [-0.15, -0.1) is 0 Å². The van der Waals surface area contributed by atoms with E-state index < -0.39 is 0 Å². The Bertz CT molecular complexity index is 356. The first-order valence-electron chi connectivity index (χ1n) is 9.06. The number of likely N-dealkylation sites (N-methyl/N-ethyl adjacent to an activating group) is 1. The first kappa shape index (κ1) is 21.6. The number of nitrogens with one attached hydrogen (secondary N) is 2. The normalized spacial score (nSPS) is 10.4. The van der Waals surface area contributed by atoms with Gasteiger partial charge in [0.2, 0.25) is 5.91 Å². The number of amides is 1. The lowest BCUT2D eigenvalue weighted by Gasteiger charge is -2.18. The lowest BCUT2D eigenvalue weighted by Crippen LogP contribution is -2.43. The van der Waals surface area contributed by atoms with E-state index >= 15 is 0 Å². The summed E-state index contributed by atoms with van der Waals surface area (Å²) in [5.74, 6) is -0.163. The van der Waals surface area contributed by atoms with Crippen LogP contribution >= 0.6 is 0 Å². The highest BCUT2D eigenvalue weighted by Crippen LogP contribution is 2.11. The van der Waals surface area contributed by atoms with Crippen LogP contribution in [0.3, 0.4) is 0 Å². The van der Waals surface area contributed by atoms with Crippen molar-refractivity contribution in [2.75, 3.05) is 13.6 Å². The molecule has 0 spiro atoms. The second kappa shape index (κ2) is 14.2. The predicted molar refractivity (Wildman–Crippen MR) is 95.6 cm³/mol. The number of hydrogen-bond acceptors (Lipinski definition) is 3. The van der Waals surface area contributed by atoms with E-state index in [9.17, 15) is 9.59 Å². The monoisotopic (exact) mass is 325 g/mol. The molecule has 0 saturated carbocycles. The molecule has 5 heteroatoms. The molecule has 0 aromatic carbocycles. The van der Waals surface area contributed by atoms with Crippen LogP contribution in [0.1, 0.15) is 84.5 Å². The Balaban J connectivity index is 3.49. The maximum atomic E-state index is 11.7. The van der Waals surface area contributed by atoms with Crippen molar-refractivity contribution in [2.45, 2.75) is 84.5 Å². The van der Waals surface area contributed by atoms with Gasteiger partial charge < -0.3 is 4.90 Å². The fraction of sp³-hybridized carbons (Fsp3) is 0.833. The van der Waals surface area contributed by atoms with Gasteiger partial charge in [0.15, 0.2) is 5.96 Å². The maximum absolute atomic E-state index is 11.7. The molecular weight excluding hydrogens is 290 g/mol. The second-order valence-electron chi connectivity index (χ2n) is 6.39. The molecule has 0 fully saturated rings. The average molecular weight is 325 g/mol. The number of Topliss-reactive ketones (excluding diaryl/α,β-unsaturated/α-hetero) is 1. The van der Waals surface area contributed by atoms with Gasteiger partial charge in [-0.1, -0.05) is 64.7 Å². The summed E-state index contributed by atoms with van der Waals surface area (Å²) in [5.41, 5.74) is 0. The van der Waals surface area contributed by atoms with Crippen LogP contribution in [0, 0.1) is 5.41 Å². The first-order valence-corrected chi connectivity index (χ1v) is 9.06. The highest BCUT2D eigenvalue weighted by atomic mass is 16.2. The molecule has 0 bridgehead atoms.